The van der Waals surface area contributed by atoms with E-state index in [1.165, 1.54) is 7.11 Å². The van der Waals surface area contributed by atoms with Crippen LogP contribution in [0.2, 0.25) is 0 Å². The summed E-state index contributed by atoms with van der Waals surface area (Å²) in [4.78, 5) is 25.8. The average molecular weight is 520 g/mol. The maximum absolute atomic E-state index is 13.0. The number of fused-ring (bicyclic) bond motifs is 1. The number of nitrogens with one attached hydrogen (secondary N) is 1. The number of hydrogen-bond donors (Lipinski definition) is 1. The molecule has 1 aliphatic rings. The van der Waals surface area contributed by atoms with Crippen LogP contribution in [0.4, 0.5) is 0 Å². The number of rotatable bonds is 6. The van der Waals surface area contributed by atoms with Gasteiger partial charge in [0.05, 0.1) is 30.0 Å². The third-order valence-electron chi connectivity index (χ3n) is 6.57. The summed E-state index contributed by atoms with van der Waals surface area (Å²) in [5.41, 5.74) is 7.45. The predicted molar refractivity (Wildman–Crippen MR) is 145 cm³/mol. The van der Waals surface area contributed by atoms with Crippen LogP contribution in [0.1, 0.15) is 56.2 Å². The highest BCUT2D eigenvalue weighted by molar-refractivity contribution is 6.07. The van der Waals surface area contributed by atoms with Crippen molar-refractivity contribution < 1.29 is 23.5 Å². The number of para-hydroxylation sites is 1. The first-order valence-corrected chi connectivity index (χ1v) is 12.4. The Hall–Kier alpha value is -5.16. The van der Waals surface area contributed by atoms with E-state index in [1.807, 2.05) is 24.3 Å². The molecule has 0 saturated heterocycles. The minimum Gasteiger partial charge on any atom is -0.496 e. The van der Waals surface area contributed by atoms with E-state index in [-0.39, 0.29) is 5.76 Å². The Labute approximate surface area is 225 Å². The van der Waals surface area contributed by atoms with Crippen LogP contribution >= 0.6 is 0 Å². The van der Waals surface area contributed by atoms with Gasteiger partial charge in [0.15, 0.2) is 0 Å². The molecule has 4 aromatic rings. The number of furan rings is 1. The number of methoxy groups -OCH3 is 1. The lowest BCUT2D eigenvalue weighted by Gasteiger charge is -2.14. The summed E-state index contributed by atoms with van der Waals surface area (Å²) in [7, 11) is 1.50. The summed E-state index contributed by atoms with van der Waals surface area (Å²) < 4.78 is 16.8. The number of nitriles is 1. The molecular weight excluding hydrogens is 494 g/mol. The smallest absolute Gasteiger partial charge is 0.379 e. The van der Waals surface area contributed by atoms with E-state index >= 15 is 0 Å². The fourth-order valence-electron chi connectivity index (χ4n) is 4.59. The van der Waals surface area contributed by atoms with Crippen LogP contribution in [-0.2, 0) is 6.42 Å². The van der Waals surface area contributed by atoms with Crippen molar-refractivity contribution in [2.45, 2.75) is 26.2 Å². The topological polar surface area (TPSA) is 114 Å². The van der Waals surface area contributed by atoms with E-state index in [0.717, 1.165) is 23.1 Å². The van der Waals surface area contributed by atoms with Crippen molar-refractivity contribution in [1.29, 1.82) is 5.26 Å². The van der Waals surface area contributed by atoms with Crippen LogP contribution in [0.25, 0.3) is 11.1 Å². The first-order chi connectivity index (χ1) is 19.0. The lowest BCUT2D eigenvalue weighted by Crippen LogP contribution is -2.22. The summed E-state index contributed by atoms with van der Waals surface area (Å²) >= 11 is 0. The minimum absolute atomic E-state index is 0.113. The lowest BCUT2D eigenvalue weighted by molar-refractivity contribution is 0.0698. The van der Waals surface area contributed by atoms with Crippen molar-refractivity contribution in [2.75, 3.05) is 7.11 Å². The number of aryl methyl sites for hydroxylation is 1. The molecule has 1 aromatic heterocycles. The monoisotopic (exact) mass is 519 g/mol. The largest absolute Gasteiger partial charge is 0.496 e. The molecular formula is C31H25N3O5. The molecule has 1 heterocycles. The van der Waals surface area contributed by atoms with Gasteiger partial charge in [0.2, 0.25) is 5.76 Å². The van der Waals surface area contributed by atoms with E-state index in [9.17, 15) is 9.59 Å². The molecule has 0 unspecified atom stereocenters. The van der Waals surface area contributed by atoms with Gasteiger partial charge in [-0.05, 0) is 67.3 Å². The molecule has 1 amide bonds. The quantitative estimate of drug-likeness (QED) is 0.195. The third kappa shape index (κ3) is 5.29. The van der Waals surface area contributed by atoms with Crippen molar-refractivity contribution in [3.8, 4) is 28.7 Å². The average Bonchev–Trinajstić information content (AvgIpc) is 3.33. The number of carbonyl (C=O) groups is 2. The normalized spacial score (nSPS) is 13.3. The second kappa shape index (κ2) is 11.1. The second-order valence-corrected chi connectivity index (χ2v) is 9.01. The molecule has 1 N–H and O–H groups in total. The van der Waals surface area contributed by atoms with Crippen LogP contribution in [-0.4, -0.2) is 24.7 Å². The van der Waals surface area contributed by atoms with Crippen molar-refractivity contribution in [3.05, 3.63) is 107 Å². The molecule has 1 aliphatic carbocycles. The van der Waals surface area contributed by atoms with Gasteiger partial charge >= 0.3 is 5.97 Å². The number of nitrogens with zero attached hydrogens (tertiary/aromatic N) is 2. The molecule has 0 atom stereocenters. The number of hydrogen-bond acceptors (Lipinski definition) is 7. The van der Waals surface area contributed by atoms with Crippen LogP contribution < -0.4 is 14.9 Å². The molecule has 0 bridgehead atoms. The predicted octanol–water partition coefficient (Wildman–Crippen LogP) is 5.82. The van der Waals surface area contributed by atoms with E-state index in [4.69, 9.17) is 19.2 Å². The maximum atomic E-state index is 13.0. The molecule has 3 aromatic carbocycles. The molecule has 8 nitrogen and oxygen atoms in total. The Morgan fingerprint density at radius 2 is 1.67 bits per heavy atom. The van der Waals surface area contributed by atoms with Gasteiger partial charge in [0.1, 0.15) is 17.3 Å². The highest BCUT2D eigenvalue weighted by Gasteiger charge is 2.29. The van der Waals surface area contributed by atoms with Gasteiger partial charge in [-0.1, -0.05) is 36.4 Å². The van der Waals surface area contributed by atoms with Crippen molar-refractivity contribution >= 4 is 17.6 Å². The molecule has 39 heavy (non-hydrogen) atoms. The number of carbonyl (C=O) groups excluding carboxylic acids is 2. The van der Waals surface area contributed by atoms with E-state index in [2.05, 4.69) is 16.6 Å². The van der Waals surface area contributed by atoms with Crippen molar-refractivity contribution in [1.82, 2.24) is 5.43 Å². The lowest BCUT2D eigenvalue weighted by atomic mass is 9.93. The third-order valence-corrected chi connectivity index (χ3v) is 6.57. The Morgan fingerprint density at radius 1 is 0.974 bits per heavy atom. The van der Waals surface area contributed by atoms with Gasteiger partial charge in [-0.3, -0.25) is 4.79 Å². The number of esters is 1. The molecule has 0 spiro atoms. The Kier molecular flexibility index (Phi) is 7.23. The molecule has 0 radical (unpaired) electrons. The Bertz CT molecular complexity index is 1610. The van der Waals surface area contributed by atoms with Gasteiger partial charge in [-0.25, -0.2) is 10.2 Å². The first kappa shape index (κ1) is 25.5. The van der Waals surface area contributed by atoms with E-state index in [0.29, 0.717) is 52.5 Å². The zero-order chi connectivity index (χ0) is 27.4. The summed E-state index contributed by atoms with van der Waals surface area (Å²) in [6.07, 6.45) is 2.06. The fraction of sp³-hybridized carbons (Fsp3) is 0.161. The Morgan fingerprint density at radius 3 is 2.36 bits per heavy atom. The maximum Gasteiger partial charge on any atom is 0.379 e. The zero-order valence-corrected chi connectivity index (χ0v) is 21.5. The minimum atomic E-state index is -0.606. The van der Waals surface area contributed by atoms with E-state index < -0.39 is 11.9 Å². The van der Waals surface area contributed by atoms with Crippen LogP contribution in [0.15, 0.2) is 82.3 Å². The number of hydrazone groups is 1. The number of ether oxygens (including phenoxy) is 2. The van der Waals surface area contributed by atoms with Gasteiger partial charge < -0.3 is 13.9 Å². The van der Waals surface area contributed by atoms with Crippen molar-refractivity contribution in [3.63, 3.8) is 0 Å². The standard InChI is InChI=1S/C31H25N3O5/c1-19-28-25(33-34-30(35)24-6-3-4-8-26(24)37-2)7-5-9-27(28)39-29(19)31(36)38-23-16-14-22(15-17-23)21-12-10-20(18-32)11-13-21/h3-4,6,8,10-17H,5,7,9H2,1-2H3,(H,34,35)/b33-25+. The highest BCUT2D eigenvalue weighted by Crippen LogP contribution is 2.31. The van der Waals surface area contributed by atoms with Crippen LogP contribution in [0.5, 0.6) is 11.5 Å². The van der Waals surface area contributed by atoms with Gasteiger partial charge in [-0.2, -0.15) is 10.4 Å². The van der Waals surface area contributed by atoms with Gasteiger partial charge in [-0.15, -0.1) is 0 Å². The molecule has 0 fully saturated rings. The van der Waals surface area contributed by atoms with Gasteiger partial charge in [0.25, 0.3) is 5.91 Å². The summed E-state index contributed by atoms with van der Waals surface area (Å²) in [5, 5.41) is 13.4. The van der Waals surface area contributed by atoms with Crippen LogP contribution in [0, 0.1) is 18.3 Å². The summed E-state index contributed by atoms with van der Waals surface area (Å²) in [6, 6.07) is 23.4. The fourth-order valence-corrected chi connectivity index (χ4v) is 4.59. The first-order valence-electron chi connectivity index (χ1n) is 12.4. The SMILES string of the molecule is COc1ccccc1C(=O)N/N=C1\CCCc2oc(C(=O)Oc3ccc(-c4ccc(C#N)cc4)cc3)c(C)c21. The summed E-state index contributed by atoms with van der Waals surface area (Å²) in [5.74, 6) is 0.592. The molecule has 5 rings (SSSR count). The molecule has 194 valence electrons. The van der Waals surface area contributed by atoms with Gasteiger partial charge in [0, 0.05) is 17.5 Å². The van der Waals surface area contributed by atoms with Crippen LogP contribution in [0.3, 0.4) is 0 Å². The summed E-state index contributed by atoms with van der Waals surface area (Å²) in [6.45, 7) is 1.79. The molecule has 0 saturated carbocycles. The zero-order valence-electron chi connectivity index (χ0n) is 21.5. The van der Waals surface area contributed by atoms with Crippen molar-refractivity contribution in [2.24, 2.45) is 5.10 Å². The second-order valence-electron chi connectivity index (χ2n) is 9.01. The number of amides is 1. The highest BCUT2D eigenvalue weighted by atomic mass is 16.5. The van der Waals surface area contributed by atoms with E-state index in [1.54, 1.807) is 55.5 Å². The Balaban J connectivity index is 1.32. The number of benzene rings is 3. The molecule has 8 heteroatoms. The molecule has 0 aliphatic heterocycles.